The maximum Gasteiger partial charge on any atom is 0.394 e. The summed E-state index contributed by atoms with van der Waals surface area (Å²) in [5.74, 6) is -4.94. The molecule has 226 valence electrons. The van der Waals surface area contributed by atoms with Crippen molar-refractivity contribution in [1.29, 1.82) is 0 Å². The number of carbonyl (C=O) groups is 6. The SMILES string of the molecule is CC(C)N.COC(=O)[C@@H]1CCCN1C(=O)C(=O)NC(C)C.COC(=O)[C@@H]1CCCN1C(=O)C(=O)O.O=S(Cl)Cl. The molecule has 4 N–H and O–H groups in total. The zero-order valence-corrected chi connectivity index (χ0v) is 25.1. The van der Waals surface area contributed by atoms with Crippen LogP contribution in [0.4, 0.5) is 0 Å². The first kappa shape index (κ1) is 38.7. The summed E-state index contributed by atoms with van der Waals surface area (Å²) in [4.78, 5) is 69.7. The maximum absolute atomic E-state index is 11.8. The lowest BCUT2D eigenvalue weighted by molar-refractivity contribution is -0.160. The quantitative estimate of drug-likeness (QED) is 0.222. The molecule has 0 radical (unpaired) electrons. The van der Waals surface area contributed by atoms with E-state index < -0.39 is 56.9 Å². The maximum atomic E-state index is 11.8. The molecule has 0 aliphatic carbocycles. The van der Waals surface area contributed by atoms with Crippen LogP contribution in [0.3, 0.4) is 0 Å². The van der Waals surface area contributed by atoms with Gasteiger partial charge in [-0.25, -0.2) is 18.6 Å². The highest BCUT2D eigenvalue weighted by atomic mass is 36.0. The average molecular weight is 622 g/mol. The van der Waals surface area contributed by atoms with E-state index in [-0.39, 0.29) is 6.04 Å². The Balaban J connectivity index is 0. The monoisotopic (exact) mass is 620 g/mol. The van der Waals surface area contributed by atoms with E-state index in [1.807, 2.05) is 13.8 Å². The number of halogens is 2. The standard InChI is InChI=1S/C11H18N2O4.C8H11NO5.C3H9N.Cl2OS/c1-7(2)12-9(14)10(15)13-6-4-5-8(13)11(16)17-3;1-14-8(13)5-3-2-4-9(5)6(10)7(11)12;1-3(2)4;1-4(2)3/h7-8H,4-6H2,1-3H3,(H,12,14);5H,2-4H2,1H3,(H,11,12);3H,4H2,1-2H3;/t8-;5-;;/m00../s1. The highest BCUT2D eigenvalue weighted by Crippen LogP contribution is 2.19. The number of rotatable bonds is 3. The van der Waals surface area contributed by atoms with E-state index in [2.05, 4.69) is 36.2 Å². The number of esters is 2. The molecule has 2 aliphatic heterocycles. The van der Waals surface area contributed by atoms with Crippen LogP contribution in [0.5, 0.6) is 0 Å². The van der Waals surface area contributed by atoms with E-state index in [0.29, 0.717) is 44.8 Å². The molecule has 2 fully saturated rings. The van der Waals surface area contributed by atoms with Gasteiger partial charge in [-0.05, 0) is 45.6 Å². The molecule has 3 amide bonds. The Bertz CT molecular complexity index is 869. The summed E-state index contributed by atoms with van der Waals surface area (Å²) in [6.07, 6.45) is 2.35. The van der Waals surface area contributed by atoms with Gasteiger partial charge in [-0.1, -0.05) is 13.8 Å². The molecule has 0 saturated carbocycles. The van der Waals surface area contributed by atoms with E-state index in [1.54, 1.807) is 13.8 Å². The minimum atomic E-state index is -1.67. The second-order valence-electron chi connectivity index (χ2n) is 8.72. The summed E-state index contributed by atoms with van der Waals surface area (Å²) in [6.45, 7) is 8.15. The minimum Gasteiger partial charge on any atom is -0.474 e. The van der Waals surface area contributed by atoms with Crippen molar-refractivity contribution in [1.82, 2.24) is 15.1 Å². The zero-order chi connectivity index (χ0) is 30.9. The lowest BCUT2D eigenvalue weighted by Crippen LogP contribution is -2.49. The van der Waals surface area contributed by atoms with Crippen LogP contribution in [0.1, 0.15) is 53.4 Å². The minimum absolute atomic E-state index is 0.106. The number of likely N-dealkylation sites (tertiary alicyclic amines) is 2. The van der Waals surface area contributed by atoms with Gasteiger partial charge in [-0.3, -0.25) is 14.4 Å². The molecule has 0 aromatic heterocycles. The molecule has 2 rings (SSSR count). The molecule has 2 saturated heterocycles. The van der Waals surface area contributed by atoms with Crippen molar-refractivity contribution in [3.05, 3.63) is 0 Å². The molecule has 14 nitrogen and oxygen atoms in total. The predicted octanol–water partition coefficient (Wildman–Crippen LogP) is 0.306. The second kappa shape index (κ2) is 20.4. The number of aliphatic carboxylic acids is 1. The van der Waals surface area contributed by atoms with Crippen molar-refractivity contribution in [3.8, 4) is 0 Å². The molecule has 0 spiro atoms. The van der Waals surface area contributed by atoms with Crippen LogP contribution < -0.4 is 11.1 Å². The smallest absolute Gasteiger partial charge is 0.394 e. The van der Waals surface area contributed by atoms with Gasteiger partial charge in [0, 0.05) is 40.5 Å². The molecule has 2 heterocycles. The number of nitrogens with one attached hydrogen (secondary N) is 1. The average Bonchev–Trinajstić information content (AvgIpc) is 3.51. The van der Waals surface area contributed by atoms with Crippen molar-refractivity contribution in [2.75, 3.05) is 27.3 Å². The molecular weight excluding hydrogens is 583 g/mol. The number of nitrogens with zero attached hydrogens (tertiary/aromatic N) is 2. The van der Waals surface area contributed by atoms with Crippen LogP contribution >= 0.6 is 21.4 Å². The molecule has 17 heteroatoms. The first-order chi connectivity index (χ1) is 18.0. The third kappa shape index (κ3) is 16.3. The highest BCUT2D eigenvalue weighted by molar-refractivity contribution is 8.26. The van der Waals surface area contributed by atoms with Gasteiger partial charge in [-0.15, -0.1) is 0 Å². The lowest BCUT2D eigenvalue weighted by atomic mass is 10.2. The van der Waals surface area contributed by atoms with Crippen molar-refractivity contribution in [2.24, 2.45) is 5.73 Å². The summed E-state index contributed by atoms with van der Waals surface area (Å²) in [5.41, 5.74) is 5.11. The summed E-state index contributed by atoms with van der Waals surface area (Å²) in [5, 5.41) is 11.0. The molecule has 0 unspecified atom stereocenters. The van der Waals surface area contributed by atoms with Gasteiger partial charge in [0.25, 0.3) is 0 Å². The normalized spacial score (nSPS) is 17.6. The largest absolute Gasteiger partial charge is 0.474 e. The third-order valence-corrected chi connectivity index (χ3v) is 4.77. The fourth-order valence-electron chi connectivity index (χ4n) is 3.36. The van der Waals surface area contributed by atoms with Crippen molar-refractivity contribution in [3.63, 3.8) is 0 Å². The number of carbonyl (C=O) groups excluding carboxylic acids is 5. The van der Waals surface area contributed by atoms with Gasteiger partial charge in [0.2, 0.25) is 9.23 Å². The Morgan fingerprint density at radius 1 is 0.872 bits per heavy atom. The predicted molar refractivity (Wildman–Crippen MR) is 144 cm³/mol. The van der Waals surface area contributed by atoms with Gasteiger partial charge in [-0.2, -0.15) is 0 Å². The van der Waals surface area contributed by atoms with Gasteiger partial charge in [0.1, 0.15) is 12.1 Å². The molecule has 2 atom stereocenters. The molecule has 0 bridgehead atoms. The number of hydrogen-bond donors (Lipinski definition) is 3. The van der Waals surface area contributed by atoms with Crippen molar-refractivity contribution >= 4 is 66.2 Å². The number of carboxylic acid groups (broad SMARTS) is 1. The molecular formula is C22H38Cl2N4O10S. The van der Waals surface area contributed by atoms with E-state index in [4.69, 9.17) is 15.0 Å². The van der Waals surface area contributed by atoms with Crippen LogP contribution in [-0.4, -0.2) is 106 Å². The number of hydrogen-bond acceptors (Lipinski definition) is 10. The Morgan fingerprint density at radius 2 is 1.21 bits per heavy atom. The van der Waals surface area contributed by atoms with Gasteiger partial charge in [0.15, 0.2) is 0 Å². The van der Waals surface area contributed by atoms with Crippen LogP contribution in [0.15, 0.2) is 0 Å². The Morgan fingerprint density at radius 3 is 1.49 bits per heavy atom. The van der Waals surface area contributed by atoms with Crippen molar-refractivity contribution < 1.29 is 47.6 Å². The number of carboxylic acids is 1. The van der Waals surface area contributed by atoms with Crippen molar-refractivity contribution in [2.45, 2.75) is 77.5 Å². The van der Waals surface area contributed by atoms with E-state index in [9.17, 15) is 28.8 Å². The van der Waals surface area contributed by atoms with Crippen LogP contribution in [0.2, 0.25) is 0 Å². The van der Waals surface area contributed by atoms with E-state index in [0.717, 1.165) is 4.90 Å². The molecule has 0 aromatic rings. The van der Waals surface area contributed by atoms with E-state index >= 15 is 0 Å². The fourth-order valence-corrected chi connectivity index (χ4v) is 3.36. The Labute approximate surface area is 239 Å². The Kier molecular flexibility index (Phi) is 20.2. The van der Waals surface area contributed by atoms with Gasteiger partial charge >= 0.3 is 35.6 Å². The summed E-state index contributed by atoms with van der Waals surface area (Å²) in [6, 6.07) is -1.13. The number of methoxy groups -OCH3 is 2. The first-order valence-corrected chi connectivity index (χ1v) is 14.6. The number of amides is 3. The van der Waals surface area contributed by atoms with Crippen LogP contribution in [0, 0.1) is 0 Å². The van der Waals surface area contributed by atoms with E-state index in [1.165, 1.54) is 19.1 Å². The summed E-state index contributed by atoms with van der Waals surface area (Å²) >= 11 is 0. The first-order valence-electron chi connectivity index (χ1n) is 11.8. The van der Waals surface area contributed by atoms with Gasteiger partial charge < -0.3 is 35.4 Å². The van der Waals surface area contributed by atoms with Crippen LogP contribution in [-0.2, 0) is 47.5 Å². The Hall–Kier alpha value is -2.49. The van der Waals surface area contributed by atoms with Gasteiger partial charge in [0.05, 0.1) is 14.2 Å². The number of ether oxygens (including phenoxy) is 2. The molecule has 0 aromatic carbocycles. The molecule has 39 heavy (non-hydrogen) atoms. The summed E-state index contributed by atoms with van der Waals surface area (Å²) < 4.78 is 18.2. The summed E-state index contributed by atoms with van der Waals surface area (Å²) in [7, 11) is 9.85. The lowest BCUT2D eigenvalue weighted by Gasteiger charge is -2.22. The highest BCUT2D eigenvalue weighted by Gasteiger charge is 2.38. The zero-order valence-electron chi connectivity index (χ0n) is 22.8. The molecule has 2 aliphatic rings. The fraction of sp³-hybridized carbons (Fsp3) is 0.727. The van der Waals surface area contributed by atoms with Crippen LogP contribution in [0.25, 0.3) is 0 Å². The second-order valence-corrected chi connectivity index (χ2v) is 11.2. The topological polar surface area (TPSA) is 203 Å². The number of nitrogens with two attached hydrogens (primary N) is 1. The third-order valence-electron chi connectivity index (χ3n) is 4.77.